The Bertz CT molecular complexity index is 511. The lowest BCUT2D eigenvalue weighted by Gasteiger charge is -2.07. The molecule has 0 aliphatic rings. The number of aromatic hydroxyl groups is 1. The summed E-state index contributed by atoms with van der Waals surface area (Å²) < 4.78 is 0. The number of hydrogen-bond acceptors (Lipinski definition) is 4. The van der Waals surface area contributed by atoms with Crippen LogP contribution in [0.3, 0.4) is 0 Å². The third kappa shape index (κ3) is 2.78. The van der Waals surface area contributed by atoms with Gasteiger partial charge in [0.2, 0.25) is 0 Å². The molecule has 17 heavy (non-hydrogen) atoms. The SMILES string of the molecule is Nc1ccc(O)c(Sc2cc(N)ccc2Cl)c1. The topological polar surface area (TPSA) is 72.3 Å². The molecule has 0 atom stereocenters. The number of nitrogen functional groups attached to an aromatic ring is 2. The summed E-state index contributed by atoms with van der Waals surface area (Å²) in [6.07, 6.45) is 0. The van der Waals surface area contributed by atoms with Crippen molar-refractivity contribution in [2.45, 2.75) is 9.79 Å². The van der Waals surface area contributed by atoms with Crippen molar-refractivity contribution in [3.05, 3.63) is 41.4 Å². The number of phenolic OH excluding ortho intramolecular Hbond substituents is 1. The van der Waals surface area contributed by atoms with Gasteiger partial charge in [-0.3, -0.25) is 0 Å². The molecule has 0 unspecified atom stereocenters. The first-order chi connectivity index (χ1) is 8.06. The van der Waals surface area contributed by atoms with Crippen LogP contribution < -0.4 is 11.5 Å². The van der Waals surface area contributed by atoms with Gasteiger partial charge in [0.1, 0.15) is 5.75 Å². The van der Waals surface area contributed by atoms with E-state index in [-0.39, 0.29) is 5.75 Å². The predicted molar refractivity (Wildman–Crippen MR) is 72.5 cm³/mol. The molecular formula is C12H11ClN2OS. The van der Waals surface area contributed by atoms with Gasteiger partial charge in [-0.2, -0.15) is 0 Å². The van der Waals surface area contributed by atoms with Crippen LogP contribution in [0, 0.1) is 0 Å². The molecule has 0 saturated heterocycles. The van der Waals surface area contributed by atoms with Crippen molar-refractivity contribution in [2.75, 3.05) is 11.5 Å². The van der Waals surface area contributed by atoms with Crippen molar-refractivity contribution < 1.29 is 5.11 Å². The summed E-state index contributed by atoms with van der Waals surface area (Å²) in [7, 11) is 0. The van der Waals surface area contributed by atoms with Gasteiger partial charge in [-0.1, -0.05) is 23.4 Å². The summed E-state index contributed by atoms with van der Waals surface area (Å²) in [4.78, 5) is 1.44. The minimum absolute atomic E-state index is 0.169. The Labute approximate surface area is 108 Å². The van der Waals surface area contributed by atoms with E-state index in [1.165, 1.54) is 11.8 Å². The van der Waals surface area contributed by atoms with E-state index in [1.54, 1.807) is 36.4 Å². The molecule has 2 aromatic rings. The fourth-order valence-electron chi connectivity index (χ4n) is 1.33. The summed E-state index contributed by atoms with van der Waals surface area (Å²) in [5, 5.41) is 10.3. The van der Waals surface area contributed by atoms with Crippen LogP contribution in [0.25, 0.3) is 0 Å². The second kappa shape index (κ2) is 4.77. The van der Waals surface area contributed by atoms with Gasteiger partial charge in [-0.25, -0.2) is 0 Å². The summed E-state index contributed by atoms with van der Waals surface area (Å²) in [6, 6.07) is 10.1. The number of rotatable bonds is 2. The Balaban J connectivity index is 2.37. The zero-order valence-corrected chi connectivity index (χ0v) is 10.4. The third-order valence-corrected chi connectivity index (χ3v) is 3.71. The molecule has 3 nitrogen and oxygen atoms in total. The third-order valence-electron chi connectivity index (χ3n) is 2.16. The number of anilines is 2. The predicted octanol–water partition coefficient (Wildman–Crippen LogP) is 3.36. The highest BCUT2D eigenvalue weighted by Gasteiger charge is 2.07. The fourth-order valence-corrected chi connectivity index (χ4v) is 2.53. The van der Waals surface area contributed by atoms with Gasteiger partial charge in [0.25, 0.3) is 0 Å². The molecule has 0 aliphatic heterocycles. The van der Waals surface area contributed by atoms with Crippen LogP contribution in [0.5, 0.6) is 5.75 Å². The van der Waals surface area contributed by atoms with E-state index in [0.29, 0.717) is 21.3 Å². The van der Waals surface area contributed by atoms with Crippen LogP contribution in [0.15, 0.2) is 46.2 Å². The maximum Gasteiger partial charge on any atom is 0.129 e. The van der Waals surface area contributed by atoms with E-state index in [1.807, 2.05) is 0 Å². The normalized spacial score (nSPS) is 10.4. The van der Waals surface area contributed by atoms with E-state index in [0.717, 1.165) is 4.90 Å². The minimum Gasteiger partial charge on any atom is -0.507 e. The number of nitrogens with two attached hydrogens (primary N) is 2. The van der Waals surface area contributed by atoms with Gasteiger partial charge in [0.05, 0.1) is 9.92 Å². The molecule has 0 amide bonds. The lowest BCUT2D eigenvalue weighted by molar-refractivity contribution is 0.462. The quantitative estimate of drug-likeness (QED) is 0.576. The molecule has 0 saturated carbocycles. The molecular weight excluding hydrogens is 256 g/mol. The molecule has 0 heterocycles. The Hall–Kier alpha value is -1.52. The molecule has 2 rings (SSSR count). The van der Waals surface area contributed by atoms with E-state index in [9.17, 15) is 5.11 Å². The highest BCUT2D eigenvalue weighted by molar-refractivity contribution is 7.99. The zero-order chi connectivity index (χ0) is 12.4. The average molecular weight is 267 g/mol. The van der Waals surface area contributed by atoms with Gasteiger partial charge in [0.15, 0.2) is 0 Å². The standard InChI is InChI=1S/C12H11ClN2OS/c13-9-3-1-7(14)5-11(9)17-12-6-8(15)2-4-10(12)16/h1-6,16H,14-15H2. The smallest absolute Gasteiger partial charge is 0.129 e. The van der Waals surface area contributed by atoms with Crippen LogP contribution >= 0.6 is 23.4 Å². The van der Waals surface area contributed by atoms with Crippen molar-refractivity contribution in [1.29, 1.82) is 0 Å². The van der Waals surface area contributed by atoms with Gasteiger partial charge in [-0.15, -0.1) is 0 Å². The van der Waals surface area contributed by atoms with E-state index in [2.05, 4.69) is 0 Å². The lowest BCUT2D eigenvalue weighted by atomic mass is 10.3. The van der Waals surface area contributed by atoms with E-state index in [4.69, 9.17) is 23.1 Å². The van der Waals surface area contributed by atoms with Gasteiger partial charge >= 0.3 is 0 Å². The largest absolute Gasteiger partial charge is 0.507 e. The first kappa shape index (κ1) is 12.0. The molecule has 2 aromatic carbocycles. The second-order valence-corrected chi connectivity index (χ2v) is 5.01. The fraction of sp³-hybridized carbons (Fsp3) is 0. The summed E-state index contributed by atoms with van der Waals surface area (Å²) >= 11 is 7.38. The number of hydrogen-bond donors (Lipinski definition) is 3. The number of halogens is 1. The van der Waals surface area contributed by atoms with Crippen molar-refractivity contribution >= 4 is 34.7 Å². The second-order valence-electron chi connectivity index (χ2n) is 3.52. The van der Waals surface area contributed by atoms with Crippen LogP contribution in [0.2, 0.25) is 5.02 Å². The molecule has 0 fully saturated rings. The van der Waals surface area contributed by atoms with Crippen molar-refractivity contribution in [3.63, 3.8) is 0 Å². The molecule has 88 valence electrons. The Morgan fingerprint density at radius 1 is 0.941 bits per heavy atom. The van der Waals surface area contributed by atoms with Crippen LogP contribution in [0.1, 0.15) is 0 Å². The maximum atomic E-state index is 9.71. The minimum atomic E-state index is 0.169. The van der Waals surface area contributed by atoms with Gasteiger partial charge in [0, 0.05) is 16.3 Å². The molecule has 0 aliphatic carbocycles. The summed E-state index contributed by atoms with van der Waals surface area (Å²) in [6.45, 7) is 0. The van der Waals surface area contributed by atoms with Crippen molar-refractivity contribution in [3.8, 4) is 5.75 Å². The maximum absolute atomic E-state index is 9.71. The highest BCUT2D eigenvalue weighted by atomic mass is 35.5. The van der Waals surface area contributed by atoms with Crippen molar-refractivity contribution in [1.82, 2.24) is 0 Å². The average Bonchev–Trinajstić information content (AvgIpc) is 2.28. The van der Waals surface area contributed by atoms with Crippen molar-refractivity contribution in [2.24, 2.45) is 0 Å². The highest BCUT2D eigenvalue weighted by Crippen LogP contribution is 2.39. The first-order valence-corrected chi connectivity index (χ1v) is 6.07. The van der Waals surface area contributed by atoms with E-state index < -0.39 is 0 Å². The number of benzene rings is 2. The van der Waals surface area contributed by atoms with Gasteiger partial charge < -0.3 is 16.6 Å². The molecule has 0 spiro atoms. The Morgan fingerprint density at radius 3 is 2.24 bits per heavy atom. The monoisotopic (exact) mass is 266 g/mol. The Kier molecular flexibility index (Phi) is 3.36. The summed E-state index contributed by atoms with van der Waals surface area (Å²) in [5.41, 5.74) is 12.6. The molecule has 0 bridgehead atoms. The first-order valence-electron chi connectivity index (χ1n) is 4.87. The lowest BCUT2D eigenvalue weighted by Crippen LogP contribution is -1.87. The van der Waals surface area contributed by atoms with Crippen LogP contribution in [-0.2, 0) is 0 Å². The Morgan fingerprint density at radius 2 is 1.53 bits per heavy atom. The molecule has 0 aromatic heterocycles. The van der Waals surface area contributed by atoms with Crippen LogP contribution in [-0.4, -0.2) is 5.11 Å². The number of phenols is 1. The molecule has 0 radical (unpaired) electrons. The molecule has 5 N–H and O–H groups in total. The van der Waals surface area contributed by atoms with Crippen LogP contribution in [0.4, 0.5) is 11.4 Å². The zero-order valence-electron chi connectivity index (χ0n) is 8.85. The van der Waals surface area contributed by atoms with Gasteiger partial charge in [-0.05, 0) is 36.4 Å². The summed E-state index contributed by atoms with van der Waals surface area (Å²) in [5.74, 6) is 0.169. The molecule has 5 heteroatoms. The van der Waals surface area contributed by atoms with E-state index >= 15 is 0 Å².